The van der Waals surface area contributed by atoms with Crippen LogP contribution in [0.1, 0.15) is 32.6 Å². The molecule has 0 radical (unpaired) electrons. The molecular weight excluding hydrogens is 405 g/mol. The van der Waals surface area contributed by atoms with E-state index in [0.29, 0.717) is 12.1 Å². The molecule has 0 saturated heterocycles. The third-order valence-corrected chi connectivity index (χ3v) is 3.29. The van der Waals surface area contributed by atoms with Crippen LogP contribution in [0.25, 0.3) is 0 Å². The molecule has 154 valence electrons. The summed E-state index contributed by atoms with van der Waals surface area (Å²) < 4.78 is 110. The molecule has 2 aromatic carbocycles. The number of rotatable bonds is 2. The van der Waals surface area contributed by atoms with E-state index in [2.05, 4.69) is 0 Å². The third-order valence-electron chi connectivity index (χ3n) is 3.29. The highest BCUT2D eigenvalue weighted by Crippen LogP contribution is 2.36. The lowest BCUT2D eigenvalue weighted by Gasteiger charge is -2.12. The lowest BCUT2D eigenvalue weighted by atomic mass is 10.1. The van der Waals surface area contributed by atoms with Crippen LogP contribution < -0.4 is 5.73 Å². The Labute approximate surface area is 152 Å². The normalized spacial score (nSPS) is 12.2. The molecule has 0 atom stereocenters. The molecule has 0 amide bonds. The Hall–Kier alpha value is -2.56. The molecule has 0 bridgehead atoms. The lowest BCUT2D eigenvalue weighted by molar-refractivity contribution is -0.143. The number of carbonyl (C=O) groups is 1. The largest absolute Gasteiger partial charge is 0.416 e. The molecule has 11 heteroatoms. The molecule has 28 heavy (non-hydrogen) atoms. The number of benzene rings is 2. The van der Waals surface area contributed by atoms with Gasteiger partial charge in [0.1, 0.15) is 6.29 Å². The van der Waals surface area contributed by atoms with Crippen LogP contribution in [0.15, 0.2) is 42.5 Å². The van der Waals surface area contributed by atoms with Crippen LogP contribution in [0.2, 0.25) is 0 Å². The number of halogens is 9. The van der Waals surface area contributed by atoms with Gasteiger partial charge in [0, 0.05) is 12.1 Å². The smallest absolute Gasteiger partial charge is 0.326 e. The third kappa shape index (κ3) is 6.55. The molecule has 0 aliphatic heterocycles. The predicted octanol–water partition coefficient (Wildman–Crippen LogP) is 5.70. The minimum atomic E-state index is -4.92. The average Bonchev–Trinajstić information content (AvgIpc) is 2.59. The molecule has 0 saturated carbocycles. The van der Waals surface area contributed by atoms with Crippen molar-refractivity contribution in [1.82, 2.24) is 0 Å². The molecular formula is C17H12F9NO. The second kappa shape index (κ2) is 8.63. The Morgan fingerprint density at radius 3 is 1.54 bits per heavy atom. The maximum absolute atomic E-state index is 12.2. The van der Waals surface area contributed by atoms with Crippen LogP contribution in [0, 0.1) is 0 Å². The van der Waals surface area contributed by atoms with Crippen molar-refractivity contribution in [2.75, 3.05) is 0 Å². The topological polar surface area (TPSA) is 43.1 Å². The summed E-state index contributed by atoms with van der Waals surface area (Å²) in [7, 11) is 0. The van der Waals surface area contributed by atoms with E-state index in [4.69, 9.17) is 5.73 Å². The first-order valence-electron chi connectivity index (χ1n) is 7.30. The minimum absolute atomic E-state index is 0.0347. The van der Waals surface area contributed by atoms with Gasteiger partial charge in [-0.3, -0.25) is 4.79 Å². The zero-order valence-electron chi connectivity index (χ0n) is 13.7. The molecule has 2 nitrogen and oxygen atoms in total. The molecule has 0 aliphatic rings. The number of nitrogens with two attached hydrogens (primary N) is 1. The van der Waals surface area contributed by atoms with E-state index in [0.717, 1.165) is 6.07 Å². The first-order chi connectivity index (χ1) is 12.7. The molecule has 0 unspecified atom stereocenters. The minimum Gasteiger partial charge on any atom is -0.326 e. The molecule has 0 heterocycles. The fraction of sp³-hybridized carbons (Fsp3) is 0.235. The van der Waals surface area contributed by atoms with Gasteiger partial charge in [0.15, 0.2) is 0 Å². The molecule has 2 rings (SSSR count). The molecule has 2 aromatic rings. The maximum Gasteiger partial charge on any atom is 0.416 e. The summed E-state index contributed by atoms with van der Waals surface area (Å²) in [6.45, 7) is -0.0876. The van der Waals surface area contributed by atoms with Crippen LogP contribution in [0.4, 0.5) is 39.5 Å². The van der Waals surface area contributed by atoms with E-state index in [9.17, 15) is 44.3 Å². The van der Waals surface area contributed by atoms with Crippen molar-refractivity contribution in [3.8, 4) is 0 Å². The van der Waals surface area contributed by atoms with Gasteiger partial charge < -0.3 is 5.73 Å². The van der Waals surface area contributed by atoms with Crippen molar-refractivity contribution in [2.45, 2.75) is 25.1 Å². The highest BCUT2D eigenvalue weighted by molar-refractivity contribution is 5.75. The van der Waals surface area contributed by atoms with Crippen LogP contribution in [0.3, 0.4) is 0 Å². The lowest BCUT2D eigenvalue weighted by Crippen LogP contribution is -2.11. The summed E-state index contributed by atoms with van der Waals surface area (Å²) in [6, 6.07) is 5.99. The van der Waals surface area contributed by atoms with E-state index >= 15 is 0 Å². The van der Waals surface area contributed by atoms with Crippen molar-refractivity contribution in [1.29, 1.82) is 0 Å². The van der Waals surface area contributed by atoms with Gasteiger partial charge in [0.25, 0.3) is 0 Å². The fourth-order valence-electron chi connectivity index (χ4n) is 2.02. The van der Waals surface area contributed by atoms with Gasteiger partial charge in [-0.1, -0.05) is 18.2 Å². The van der Waals surface area contributed by atoms with E-state index < -0.39 is 40.8 Å². The van der Waals surface area contributed by atoms with Crippen molar-refractivity contribution < 1.29 is 44.3 Å². The van der Waals surface area contributed by atoms with E-state index in [1.165, 1.54) is 18.2 Å². The number of aldehydes is 1. The first-order valence-corrected chi connectivity index (χ1v) is 7.30. The van der Waals surface area contributed by atoms with Crippen LogP contribution in [-0.4, -0.2) is 6.29 Å². The maximum atomic E-state index is 12.2. The Morgan fingerprint density at radius 1 is 0.750 bits per heavy atom. The Balaban J connectivity index is 0.000000292. The van der Waals surface area contributed by atoms with Crippen molar-refractivity contribution in [3.05, 3.63) is 70.3 Å². The highest BCUT2D eigenvalue weighted by Gasteiger charge is 2.36. The molecule has 0 fully saturated rings. The Kier molecular flexibility index (Phi) is 7.24. The quantitative estimate of drug-likeness (QED) is 0.503. The van der Waals surface area contributed by atoms with Gasteiger partial charge in [-0.05, 0) is 29.8 Å². The molecule has 0 spiro atoms. The van der Waals surface area contributed by atoms with E-state index in [1.54, 1.807) is 0 Å². The SMILES string of the molecule is NCc1ccccc1C(F)(F)F.O=Cc1cc(C(F)(F)F)cc(C(F)(F)F)c1. The number of hydrogen-bond donors (Lipinski definition) is 1. The van der Waals surface area contributed by atoms with Crippen LogP contribution in [0.5, 0.6) is 0 Å². The molecule has 0 aromatic heterocycles. The van der Waals surface area contributed by atoms with E-state index in [1.807, 2.05) is 0 Å². The monoisotopic (exact) mass is 417 g/mol. The molecule has 2 N–H and O–H groups in total. The van der Waals surface area contributed by atoms with Gasteiger partial charge in [-0.25, -0.2) is 0 Å². The summed E-state index contributed by atoms with van der Waals surface area (Å²) in [4.78, 5) is 10.2. The van der Waals surface area contributed by atoms with Gasteiger partial charge in [-0.15, -0.1) is 0 Å². The van der Waals surface area contributed by atoms with Gasteiger partial charge in [0.05, 0.1) is 16.7 Å². The van der Waals surface area contributed by atoms with E-state index in [-0.39, 0.29) is 24.5 Å². The van der Waals surface area contributed by atoms with Gasteiger partial charge >= 0.3 is 18.5 Å². The summed E-state index contributed by atoms with van der Waals surface area (Å²) in [5.41, 5.74) is 0.975. The first kappa shape index (κ1) is 23.5. The summed E-state index contributed by atoms with van der Waals surface area (Å²) in [5, 5.41) is 0. The summed E-state index contributed by atoms with van der Waals surface area (Å²) in [5.74, 6) is 0. The summed E-state index contributed by atoms with van der Waals surface area (Å²) in [6.07, 6.45) is -14.2. The number of alkyl halides is 9. The number of carbonyl (C=O) groups excluding carboxylic acids is 1. The van der Waals surface area contributed by atoms with Gasteiger partial charge in [0.2, 0.25) is 0 Å². The van der Waals surface area contributed by atoms with Crippen LogP contribution in [-0.2, 0) is 25.1 Å². The second-order valence-electron chi connectivity index (χ2n) is 5.32. The highest BCUT2D eigenvalue weighted by atomic mass is 19.4. The van der Waals surface area contributed by atoms with Crippen LogP contribution >= 0.6 is 0 Å². The molecule has 0 aliphatic carbocycles. The Morgan fingerprint density at radius 2 is 1.21 bits per heavy atom. The predicted molar refractivity (Wildman–Crippen MR) is 81.2 cm³/mol. The zero-order valence-corrected chi connectivity index (χ0v) is 13.7. The van der Waals surface area contributed by atoms with Crippen molar-refractivity contribution in [3.63, 3.8) is 0 Å². The average molecular weight is 417 g/mol. The fourth-order valence-corrected chi connectivity index (χ4v) is 2.02. The van der Waals surface area contributed by atoms with Crippen molar-refractivity contribution in [2.24, 2.45) is 5.73 Å². The number of hydrogen-bond acceptors (Lipinski definition) is 2. The summed E-state index contributed by atoms with van der Waals surface area (Å²) >= 11 is 0. The van der Waals surface area contributed by atoms with Gasteiger partial charge in [-0.2, -0.15) is 39.5 Å². The zero-order chi connectivity index (χ0) is 21.8. The second-order valence-corrected chi connectivity index (χ2v) is 5.32. The standard InChI is InChI=1S/C9H4F6O.C8H8F3N/c10-8(11,12)6-1-5(4-16)2-7(3-6)9(13,14)15;9-8(10,11)7-4-2-1-3-6(7)5-12/h1-4H;1-4H,5,12H2. The van der Waals surface area contributed by atoms with Crippen molar-refractivity contribution >= 4 is 6.29 Å². The Bertz CT molecular complexity index is 775.